The monoisotopic (exact) mass is 479 g/mol. The molecule has 0 saturated carbocycles. The topological polar surface area (TPSA) is 72.8 Å². The Morgan fingerprint density at radius 2 is 2.21 bits per heavy atom. The second-order valence-corrected chi connectivity index (χ2v) is 8.60. The molecule has 0 atom stereocenters. The van der Waals surface area contributed by atoms with Gasteiger partial charge in [0.25, 0.3) is 5.91 Å². The lowest BCUT2D eigenvalue weighted by Gasteiger charge is -2.11. The minimum absolute atomic E-state index is 0.197. The van der Waals surface area contributed by atoms with Gasteiger partial charge in [-0.05, 0) is 52.7 Å². The van der Waals surface area contributed by atoms with Crippen molar-refractivity contribution in [2.75, 3.05) is 19.5 Å². The van der Waals surface area contributed by atoms with E-state index in [-0.39, 0.29) is 11.7 Å². The summed E-state index contributed by atoms with van der Waals surface area (Å²) < 4.78 is 13.6. The third kappa shape index (κ3) is 5.24. The summed E-state index contributed by atoms with van der Waals surface area (Å²) >= 11 is 6.43. The number of methoxy groups -OCH3 is 1. The van der Waals surface area contributed by atoms with Crippen molar-refractivity contribution in [1.82, 2.24) is 10.4 Å². The number of rotatable bonds is 8. The zero-order valence-corrected chi connectivity index (χ0v) is 18.5. The largest absolute Gasteiger partial charge is 0.493 e. The molecule has 0 spiro atoms. The number of para-hydroxylation sites is 1. The van der Waals surface area contributed by atoms with Crippen LogP contribution in [0.25, 0.3) is 10.2 Å². The second-order valence-electron chi connectivity index (χ2n) is 5.50. The number of carbonyl (C=O) groups excluding carboxylic acids is 1. The zero-order chi connectivity index (χ0) is 19.9. The number of carbonyl (C=O) groups is 1. The van der Waals surface area contributed by atoms with Crippen molar-refractivity contribution in [2.45, 2.75) is 11.3 Å². The molecule has 0 aliphatic carbocycles. The molecule has 1 aromatic heterocycles. The third-order valence-corrected chi connectivity index (χ3v) is 6.31. The third-order valence-electron chi connectivity index (χ3n) is 3.54. The van der Waals surface area contributed by atoms with Crippen molar-refractivity contribution in [1.29, 1.82) is 0 Å². The molecule has 0 radical (unpaired) electrons. The highest BCUT2D eigenvalue weighted by atomic mass is 79.9. The Labute approximate surface area is 179 Å². The maximum absolute atomic E-state index is 12.0. The number of thiazole rings is 1. The van der Waals surface area contributed by atoms with E-state index in [1.54, 1.807) is 30.7 Å². The Kier molecular flexibility index (Phi) is 7.30. The molecule has 3 aromatic rings. The van der Waals surface area contributed by atoms with Crippen LogP contribution in [0.4, 0.5) is 0 Å². The lowest BCUT2D eigenvalue weighted by Crippen LogP contribution is -2.19. The number of nitrogens with zero attached hydrogens (tertiary/aromatic N) is 2. The van der Waals surface area contributed by atoms with Crippen molar-refractivity contribution in [2.24, 2.45) is 5.10 Å². The maximum Gasteiger partial charge on any atom is 0.250 e. The number of halogens is 1. The highest BCUT2D eigenvalue weighted by Crippen LogP contribution is 2.36. The first kappa shape index (κ1) is 20.6. The molecule has 146 valence electrons. The number of fused-ring (bicyclic) bond motifs is 1. The summed E-state index contributed by atoms with van der Waals surface area (Å²) in [7, 11) is 1.58. The Balaban J connectivity index is 1.56. The van der Waals surface area contributed by atoms with Crippen LogP contribution < -0.4 is 14.9 Å². The Morgan fingerprint density at radius 1 is 1.39 bits per heavy atom. The number of hydrogen-bond donors (Lipinski definition) is 1. The van der Waals surface area contributed by atoms with Gasteiger partial charge in [-0.25, -0.2) is 10.4 Å². The summed E-state index contributed by atoms with van der Waals surface area (Å²) in [5, 5.41) is 4.02. The van der Waals surface area contributed by atoms with E-state index in [1.807, 2.05) is 37.3 Å². The van der Waals surface area contributed by atoms with Crippen molar-refractivity contribution in [3.05, 3.63) is 46.4 Å². The zero-order valence-electron chi connectivity index (χ0n) is 15.3. The van der Waals surface area contributed by atoms with Crippen LogP contribution in [0.1, 0.15) is 12.5 Å². The molecule has 0 aliphatic rings. The molecule has 9 heteroatoms. The number of hydrazone groups is 1. The van der Waals surface area contributed by atoms with Crippen LogP contribution in [0.5, 0.6) is 11.5 Å². The predicted molar refractivity (Wildman–Crippen MR) is 118 cm³/mol. The summed E-state index contributed by atoms with van der Waals surface area (Å²) in [4.78, 5) is 16.5. The number of ether oxygens (including phenoxy) is 2. The van der Waals surface area contributed by atoms with Gasteiger partial charge < -0.3 is 9.47 Å². The van der Waals surface area contributed by atoms with Gasteiger partial charge in [-0.2, -0.15) is 5.10 Å². The van der Waals surface area contributed by atoms with Crippen LogP contribution in [-0.4, -0.2) is 36.6 Å². The quantitative estimate of drug-likeness (QED) is 0.287. The summed E-state index contributed by atoms with van der Waals surface area (Å²) in [6, 6.07) is 11.5. The number of nitrogens with one attached hydrogen (secondary N) is 1. The van der Waals surface area contributed by atoms with Gasteiger partial charge in [0.05, 0.1) is 40.4 Å². The summed E-state index contributed by atoms with van der Waals surface area (Å²) in [5.74, 6) is 1.28. The number of thioether (sulfide) groups is 1. The Hall–Kier alpha value is -2.10. The molecule has 0 fully saturated rings. The molecule has 0 saturated heterocycles. The van der Waals surface area contributed by atoms with E-state index in [0.29, 0.717) is 18.1 Å². The molecule has 1 N–H and O–H groups in total. The molecule has 0 aliphatic heterocycles. The van der Waals surface area contributed by atoms with Crippen LogP contribution in [0, 0.1) is 0 Å². The molecular weight excluding hydrogens is 462 g/mol. The highest BCUT2D eigenvalue weighted by molar-refractivity contribution is 9.10. The molecule has 1 heterocycles. The normalized spacial score (nSPS) is 11.1. The fourth-order valence-electron chi connectivity index (χ4n) is 2.35. The lowest BCUT2D eigenvalue weighted by atomic mass is 10.2. The van der Waals surface area contributed by atoms with E-state index in [0.717, 1.165) is 24.6 Å². The fourth-order valence-corrected chi connectivity index (χ4v) is 4.78. The smallest absolute Gasteiger partial charge is 0.250 e. The molecule has 2 aromatic carbocycles. The molecule has 28 heavy (non-hydrogen) atoms. The molecule has 0 bridgehead atoms. The number of hydrogen-bond acceptors (Lipinski definition) is 7. The first-order chi connectivity index (χ1) is 13.6. The molecular formula is C19H18BrN3O3S2. The van der Waals surface area contributed by atoms with E-state index < -0.39 is 0 Å². The van der Waals surface area contributed by atoms with Gasteiger partial charge in [0.15, 0.2) is 15.8 Å². The first-order valence-electron chi connectivity index (χ1n) is 8.41. The van der Waals surface area contributed by atoms with E-state index in [4.69, 9.17) is 9.47 Å². The van der Waals surface area contributed by atoms with Crippen molar-refractivity contribution >= 4 is 61.4 Å². The molecule has 3 rings (SSSR count). The van der Waals surface area contributed by atoms with Crippen molar-refractivity contribution in [3.8, 4) is 11.5 Å². The molecule has 6 nitrogen and oxygen atoms in total. The van der Waals surface area contributed by atoms with Crippen LogP contribution >= 0.6 is 39.0 Å². The van der Waals surface area contributed by atoms with Gasteiger partial charge in [-0.1, -0.05) is 23.9 Å². The van der Waals surface area contributed by atoms with Gasteiger partial charge in [0.1, 0.15) is 0 Å². The standard InChI is InChI=1S/C19H18BrN3O3S2/c1-3-26-18-13(20)8-12(9-15(18)25-2)10-21-23-17(24)11-27-19-22-14-6-4-5-7-16(14)28-19/h4-10H,3,11H2,1-2H3,(H,23,24)/b21-10+. The number of amides is 1. The van der Waals surface area contributed by atoms with Crippen LogP contribution in [0.3, 0.4) is 0 Å². The van der Waals surface area contributed by atoms with E-state index >= 15 is 0 Å². The Morgan fingerprint density at radius 3 is 2.96 bits per heavy atom. The van der Waals surface area contributed by atoms with Crippen LogP contribution in [0.15, 0.2) is 50.3 Å². The van der Waals surface area contributed by atoms with Gasteiger partial charge in [-0.15, -0.1) is 11.3 Å². The first-order valence-corrected chi connectivity index (χ1v) is 11.0. The second kappa shape index (κ2) is 9.90. The van der Waals surface area contributed by atoms with E-state index in [1.165, 1.54) is 11.8 Å². The van der Waals surface area contributed by atoms with E-state index in [9.17, 15) is 4.79 Å². The van der Waals surface area contributed by atoms with Gasteiger partial charge in [-0.3, -0.25) is 4.79 Å². The van der Waals surface area contributed by atoms with Crippen molar-refractivity contribution < 1.29 is 14.3 Å². The lowest BCUT2D eigenvalue weighted by molar-refractivity contribution is -0.118. The van der Waals surface area contributed by atoms with Gasteiger partial charge in [0.2, 0.25) is 0 Å². The summed E-state index contributed by atoms with van der Waals surface area (Å²) in [6.07, 6.45) is 1.56. The summed E-state index contributed by atoms with van der Waals surface area (Å²) in [5.41, 5.74) is 4.25. The average molecular weight is 480 g/mol. The number of benzene rings is 2. The highest BCUT2D eigenvalue weighted by Gasteiger charge is 2.11. The SMILES string of the molecule is CCOc1c(Br)cc(/C=N/NC(=O)CSc2nc3ccccc3s2)cc1OC. The van der Waals surface area contributed by atoms with Crippen LogP contribution in [0.2, 0.25) is 0 Å². The van der Waals surface area contributed by atoms with Crippen LogP contribution in [-0.2, 0) is 4.79 Å². The Bertz CT molecular complexity index is 974. The van der Waals surface area contributed by atoms with Crippen molar-refractivity contribution in [3.63, 3.8) is 0 Å². The fraction of sp³-hybridized carbons (Fsp3) is 0.211. The number of aromatic nitrogens is 1. The molecule has 1 amide bonds. The minimum Gasteiger partial charge on any atom is -0.493 e. The van der Waals surface area contributed by atoms with Gasteiger partial charge >= 0.3 is 0 Å². The predicted octanol–water partition coefficient (Wildman–Crippen LogP) is 4.71. The summed E-state index contributed by atoms with van der Waals surface area (Å²) in [6.45, 7) is 2.44. The van der Waals surface area contributed by atoms with Gasteiger partial charge in [0, 0.05) is 0 Å². The molecule has 0 unspecified atom stereocenters. The minimum atomic E-state index is -0.197. The van der Waals surface area contributed by atoms with E-state index in [2.05, 4.69) is 31.4 Å². The average Bonchev–Trinajstić information content (AvgIpc) is 3.11. The maximum atomic E-state index is 12.0.